The molecule has 2 nitrogen and oxygen atoms in total. The van der Waals surface area contributed by atoms with Gasteiger partial charge in [0.25, 0.3) is 0 Å². The smallest absolute Gasteiger partial charge is 0.133 e. The maximum atomic E-state index is 4.89. The van der Waals surface area contributed by atoms with Crippen LogP contribution in [0.1, 0.15) is 5.82 Å². The molecular formula is C23H20BrN2P. The number of nitrogens with zero attached hydrogens (tertiary/aromatic N) is 2. The lowest BCUT2D eigenvalue weighted by atomic mass is 9.94. The third-order valence-electron chi connectivity index (χ3n) is 4.29. The molecule has 1 heterocycles. The molecule has 4 aromatic rings. The highest BCUT2D eigenvalue weighted by molar-refractivity contribution is 8.93. The molecule has 3 aromatic carbocycles. The summed E-state index contributed by atoms with van der Waals surface area (Å²) in [4.78, 5) is 9.78. The van der Waals surface area contributed by atoms with Crippen LogP contribution >= 0.6 is 26.2 Å². The predicted octanol–water partition coefficient (Wildman–Crippen LogP) is 6.43. The third kappa shape index (κ3) is 4.16. The third-order valence-corrected chi connectivity index (χ3v) is 4.66. The van der Waals surface area contributed by atoms with Crippen LogP contribution in [0.4, 0.5) is 0 Å². The molecule has 1 unspecified atom stereocenters. The molecule has 0 spiro atoms. The zero-order valence-electron chi connectivity index (χ0n) is 14.7. The van der Waals surface area contributed by atoms with Gasteiger partial charge in [-0.25, -0.2) is 9.97 Å². The van der Waals surface area contributed by atoms with E-state index >= 15 is 0 Å². The van der Waals surface area contributed by atoms with Crippen molar-refractivity contribution >= 4 is 26.2 Å². The summed E-state index contributed by atoms with van der Waals surface area (Å²) in [7, 11) is 2.73. The standard InChI is InChI=1S/C23H19N2P.BrH/c26-16-20-24-22(18-12-6-2-7-13-18)21(17-10-4-1-5-11-17)23(25-20)19-14-8-3-9-15-19;/h1-15H,16,26H2;1H. The number of rotatable bonds is 4. The second-order valence-corrected chi connectivity index (χ2v) is 6.42. The van der Waals surface area contributed by atoms with E-state index in [0.29, 0.717) is 0 Å². The molecule has 27 heavy (non-hydrogen) atoms. The highest BCUT2D eigenvalue weighted by Crippen LogP contribution is 2.38. The Hall–Kier alpha value is -2.35. The van der Waals surface area contributed by atoms with Crippen LogP contribution in [0.2, 0.25) is 0 Å². The zero-order valence-corrected chi connectivity index (χ0v) is 17.6. The van der Waals surface area contributed by atoms with Crippen LogP contribution in [-0.4, -0.2) is 9.97 Å². The van der Waals surface area contributed by atoms with E-state index in [1.807, 2.05) is 18.2 Å². The first-order valence-electron chi connectivity index (χ1n) is 8.64. The fraction of sp³-hybridized carbons (Fsp3) is 0.0435. The Labute approximate surface area is 172 Å². The molecule has 0 bridgehead atoms. The number of aromatic nitrogens is 2. The van der Waals surface area contributed by atoms with Crippen molar-refractivity contribution < 1.29 is 0 Å². The van der Waals surface area contributed by atoms with Gasteiger partial charge in [-0.05, 0) is 5.56 Å². The van der Waals surface area contributed by atoms with Crippen LogP contribution in [0.15, 0.2) is 91.0 Å². The summed E-state index contributed by atoms with van der Waals surface area (Å²) in [6.07, 6.45) is 0.717. The van der Waals surface area contributed by atoms with Crippen molar-refractivity contribution in [2.45, 2.75) is 6.16 Å². The monoisotopic (exact) mass is 434 g/mol. The molecule has 0 aliphatic heterocycles. The molecule has 0 fully saturated rings. The van der Waals surface area contributed by atoms with Gasteiger partial charge >= 0.3 is 0 Å². The Morgan fingerprint density at radius 1 is 0.556 bits per heavy atom. The second kappa shape index (κ2) is 9.03. The SMILES string of the molecule is Br.PCc1nc(-c2ccccc2)c(-c2ccccc2)c(-c2ccccc2)n1. The fourth-order valence-corrected chi connectivity index (χ4v) is 3.27. The van der Waals surface area contributed by atoms with Gasteiger partial charge in [-0.15, -0.1) is 26.2 Å². The van der Waals surface area contributed by atoms with E-state index in [0.717, 1.165) is 45.6 Å². The highest BCUT2D eigenvalue weighted by atomic mass is 79.9. The molecule has 0 radical (unpaired) electrons. The lowest BCUT2D eigenvalue weighted by Gasteiger charge is -2.16. The van der Waals surface area contributed by atoms with E-state index in [4.69, 9.17) is 9.97 Å². The Morgan fingerprint density at radius 3 is 1.30 bits per heavy atom. The van der Waals surface area contributed by atoms with Gasteiger partial charge in [0.05, 0.1) is 11.4 Å². The Morgan fingerprint density at radius 2 is 0.926 bits per heavy atom. The summed E-state index contributed by atoms with van der Waals surface area (Å²) in [6.45, 7) is 0. The summed E-state index contributed by atoms with van der Waals surface area (Å²) in [5.41, 5.74) is 6.35. The summed E-state index contributed by atoms with van der Waals surface area (Å²) in [6, 6.07) is 31.1. The lowest BCUT2D eigenvalue weighted by molar-refractivity contribution is 1.05. The van der Waals surface area contributed by atoms with Crippen LogP contribution in [0.3, 0.4) is 0 Å². The minimum atomic E-state index is 0. The van der Waals surface area contributed by atoms with Crippen molar-refractivity contribution in [3.63, 3.8) is 0 Å². The topological polar surface area (TPSA) is 25.8 Å². The molecule has 0 aliphatic rings. The maximum absolute atomic E-state index is 4.89. The van der Waals surface area contributed by atoms with Gasteiger partial charge in [0.2, 0.25) is 0 Å². The zero-order chi connectivity index (χ0) is 17.8. The highest BCUT2D eigenvalue weighted by Gasteiger charge is 2.18. The number of halogens is 1. The first-order valence-corrected chi connectivity index (χ1v) is 9.45. The number of hydrogen-bond donors (Lipinski definition) is 0. The Kier molecular flexibility index (Phi) is 6.49. The van der Waals surface area contributed by atoms with Crippen LogP contribution in [0.25, 0.3) is 33.6 Å². The van der Waals surface area contributed by atoms with Crippen molar-refractivity contribution in [1.29, 1.82) is 0 Å². The molecule has 0 saturated heterocycles. The molecule has 0 N–H and O–H groups in total. The van der Waals surface area contributed by atoms with Gasteiger partial charge in [0.1, 0.15) is 5.82 Å². The quantitative estimate of drug-likeness (QED) is 0.345. The van der Waals surface area contributed by atoms with Crippen molar-refractivity contribution in [2.24, 2.45) is 0 Å². The molecule has 4 rings (SSSR count). The van der Waals surface area contributed by atoms with Crippen LogP contribution < -0.4 is 0 Å². The summed E-state index contributed by atoms with van der Waals surface area (Å²) in [5, 5.41) is 0. The van der Waals surface area contributed by atoms with E-state index in [-0.39, 0.29) is 17.0 Å². The van der Waals surface area contributed by atoms with Crippen LogP contribution in [-0.2, 0) is 6.16 Å². The summed E-state index contributed by atoms with van der Waals surface area (Å²) < 4.78 is 0. The fourth-order valence-electron chi connectivity index (χ4n) is 3.09. The molecule has 134 valence electrons. The van der Waals surface area contributed by atoms with Crippen molar-refractivity contribution in [1.82, 2.24) is 9.97 Å². The van der Waals surface area contributed by atoms with Gasteiger partial charge in [-0.3, -0.25) is 0 Å². The molecule has 0 amide bonds. The van der Waals surface area contributed by atoms with Crippen molar-refractivity contribution in [3.8, 4) is 33.6 Å². The summed E-state index contributed by atoms with van der Waals surface area (Å²) in [5.74, 6) is 0.826. The van der Waals surface area contributed by atoms with Crippen LogP contribution in [0, 0.1) is 0 Å². The van der Waals surface area contributed by atoms with E-state index in [2.05, 4.69) is 82.0 Å². The van der Waals surface area contributed by atoms with E-state index in [9.17, 15) is 0 Å². The van der Waals surface area contributed by atoms with E-state index in [1.54, 1.807) is 0 Å². The molecule has 0 saturated carbocycles. The largest absolute Gasteiger partial charge is 0.232 e. The normalized spacial score (nSPS) is 10.3. The van der Waals surface area contributed by atoms with Crippen molar-refractivity contribution in [3.05, 3.63) is 96.8 Å². The molecule has 1 aromatic heterocycles. The Bertz CT molecular complexity index is 946. The van der Waals surface area contributed by atoms with Crippen molar-refractivity contribution in [2.75, 3.05) is 0 Å². The van der Waals surface area contributed by atoms with Gasteiger partial charge in [-0.1, -0.05) is 91.0 Å². The first kappa shape index (κ1) is 19.4. The minimum Gasteiger partial charge on any atom is -0.232 e. The van der Waals surface area contributed by atoms with Crippen LogP contribution in [0.5, 0.6) is 0 Å². The minimum absolute atomic E-state index is 0. The molecule has 0 aliphatic carbocycles. The first-order chi connectivity index (χ1) is 12.9. The predicted molar refractivity (Wildman–Crippen MR) is 122 cm³/mol. The number of hydrogen-bond acceptors (Lipinski definition) is 2. The van der Waals surface area contributed by atoms with E-state index < -0.39 is 0 Å². The second-order valence-electron chi connectivity index (χ2n) is 6.01. The average molecular weight is 435 g/mol. The van der Waals surface area contributed by atoms with Gasteiger partial charge in [0, 0.05) is 22.9 Å². The van der Waals surface area contributed by atoms with Gasteiger partial charge < -0.3 is 0 Å². The van der Waals surface area contributed by atoms with Gasteiger partial charge in [0.15, 0.2) is 0 Å². The van der Waals surface area contributed by atoms with Gasteiger partial charge in [-0.2, -0.15) is 0 Å². The van der Waals surface area contributed by atoms with E-state index in [1.165, 1.54) is 0 Å². The summed E-state index contributed by atoms with van der Waals surface area (Å²) >= 11 is 0. The number of benzene rings is 3. The lowest BCUT2D eigenvalue weighted by Crippen LogP contribution is -2.01. The average Bonchev–Trinajstić information content (AvgIpc) is 2.74. The molecule has 1 atom stereocenters. The molecule has 4 heteroatoms. The Balaban J connectivity index is 0.00000210. The molecular weight excluding hydrogens is 415 g/mol. The maximum Gasteiger partial charge on any atom is 0.133 e.